The zero-order valence-electron chi connectivity index (χ0n) is 15.8. The van der Waals surface area contributed by atoms with E-state index < -0.39 is 11.6 Å². The van der Waals surface area contributed by atoms with Crippen molar-refractivity contribution in [2.24, 2.45) is 0 Å². The summed E-state index contributed by atoms with van der Waals surface area (Å²) in [5.74, 6) is -1.14. The molecule has 146 valence electrons. The van der Waals surface area contributed by atoms with E-state index in [1.165, 1.54) is 35.8 Å². The maximum atomic E-state index is 15.2. The van der Waals surface area contributed by atoms with Gasteiger partial charge in [-0.05, 0) is 78.9 Å². The molecule has 4 nitrogen and oxygen atoms in total. The first-order chi connectivity index (χ1) is 13.9. The number of halogens is 2. The van der Waals surface area contributed by atoms with Crippen LogP contribution in [0.3, 0.4) is 0 Å². The van der Waals surface area contributed by atoms with Gasteiger partial charge in [0.05, 0.1) is 16.8 Å². The normalized spacial score (nSPS) is 11.0. The molecule has 0 bridgehead atoms. The summed E-state index contributed by atoms with van der Waals surface area (Å²) in [6.45, 7) is 4.05. The Kier molecular flexibility index (Phi) is 5.07. The van der Waals surface area contributed by atoms with E-state index in [0.717, 1.165) is 10.5 Å². The number of nitrogens with zero attached hydrogens (tertiary/aromatic N) is 2. The largest absolute Gasteiger partial charge is 0.368 e. The van der Waals surface area contributed by atoms with Gasteiger partial charge in [0.15, 0.2) is 5.82 Å². The molecule has 3 aromatic carbocycles. The second kappa shape index (κ2) is 7.67. The zero-order chi connectivity index (χ0) is 20.5. The van der Waals surface area contributed by atoms with Gasteiger partial charge >= 0.3 is 0 Å². The molecule has 1 aromatic heterocycles. The predicted octanol–water partition coefficient (Wildman–Crippen LogP) is 5.89. The first kappa shape index (κ1) is 19.1. The van der Waals surface area contributed by atoms with Gasteiger partial charge in [-0.1, -0.05) is 12.1 Å². The van der Waals surface area contributed by atoms with E-state index >= 15 is 4.39 Å². The highest BCUT2D eigenvalue weighted by Gasteiger charge is 2.16. The molecule has 7 heteroatoms. The molecule has 0 amide bonds. The van der Waals surface area contributed by atoms with Gasteiger partial charge in [0, 0.05) is 16.5 Å². The Bertz CT molecular complexity index is 1230. The summed E-state index contributed by atoms with van der Waals surface area (Å²) < 4.78 is 32.7. The first-order valence-corrected chi connectivity index (χ1v) is 9.75. The molecule has 0 atom stereocenters. The monoisotopic (exact) mass is 408 g/mol. The van der Waals surface area contributed by atoms with E-state index in [1.54, 1.807) is 18.2 Å². The van der Waals surface area contributed by atoms with Crippen LogP contribution < -0.4 is 10.5 Å². The molecule has 0 spiro atoms. The minimum absolute atomic E-state index is 0.102. The maximum absolute atomic E-state index is 15.2. The molecule has 0 aliphatic heterocycles. The molecule has 0 radical (unpaired) electrons. The number of nitrogens with two attached hydrogens (primary N) is 1. The summed E-state index contributed by atoms with van der Waals surface area (Å²) >= 11 is 1.28. The van der Waals surface area contributed by atoms with Crippen LogP contribution in [0.25, 0.3) is 22.0 Å². The molecule has 0 fully saturated rings. The van der Waals surface area contributed by atoms with Crippen molar-refractivity contribution in [1.29, 1.82) is 0 Å². The van der Waals surface area contributed by atoms with Gasteiger partial charge in [-0.25, -0.2) is 18.7 Å². The van der Waals surface area contributed by atoms with Gasteiger partial charge in [-0.3, -0.25) is 0 Å². The van der Waals surface area contributed by atoms with Gasteiger partial charge in [-0.15, -0.1) is 0 Å². The van der Waals surface area contributed by atoms with E-state index in [-0.39, 0.29) is 17.2 Å². The third kappa shape index (κ3) is 3.86. The van der Waals surface area contributed by atoms with E-state index in [0.29, 0.717) is 16.5 Å². The van der Waals surface area contributed by atoms with E-state index in [4.69, 9.17) is 5.73 Å². The van der Waals surface area contributed by atoms with E-state index in [9.17, 15) is 4.39 Å². The molecule has 0 unspecified atom stereocenters. The summed E-state index contributed by atoms with van der Waals surface area (Å²) in [5.41, 5.74) is 9.04. The molecular formula is C22H18F2N4S. The lowest BCUT2D eigenvalue weighted by Crippen LogP contribution is -1.98. The van der Waals surface area contributed by atoms with Crippen LogP contribution in [0.2, 0.25) is 0 Å². The standard InChI is InChI=1S/C22H18F2N4S/c1-12-3-5-16(9-13(12)2)29-28-19-8-6-17(23)20(21(19)24)14-4-7-18-15(10-14)11-26-22(25)27-18/h3-11,28H,1-2H3,(H2,25,26,27). The molecule has 0 saturated heterocycles. The van der Waals surface area contributed by atoms with Crippen molar-refractivity contribution in [2.45, 2.75) is 18.7 Å². The Balaban J connectivity index is 1.68. The third-order valence-corrected chi connectivity index (χ3v) is 5.55. The Hall–Kier alpha value is -3.19. The number of nitrogen functional groups attached to an aromatic ring is 1. The number of fused-ring (bicyclic) bond motifs is 1. The Morgan fingerprint density at radius 3 is 2.59 bits per heavy atom. The first-order valence-electron chi connectivity index (χ1n) is 8.93. The number of aryl methyl sites for hydroxylation is 2. The number of aromatic nitrogens is 2. The minimum atomic E-state index is -0.656. The molecule has 0 aliphatic rings. The van der Waals surface area contributed by atoms with Gasteiger partial charge < -0.3 is 10.5 Å². The van der Waals surface area contributed by atoms with Crippen molar-refractivity contribution in [3.63, 3.8) is 0 Å². The van der Waals surface area contributed by atoms with Crippen LogP contribution >= 0.6 is 11.9 Å². The number of hydrogen-bond donors (Lipinski definition) is 2. The minimum Gasteiger partial charge on any atom is -0.368 e. The Labute approximate surface area is 171 Å². The van der Waals surface area contributed by atoms with Crippen molar-refractivity contribution in [1.82, 2.24) is 9.97 Å². The van der Waals surface area contributed by atoms with Gasteiger partial charge in [0.2, 0.25) is 5.95 Å². The average Bonchev–Trinajstić information content (AvgIpc) is 2.70. The highest BCUT2D eigenvalue weighted by Crippen LogP contribution is 2.34. The Morgan fingerprint density at radius 1 is 0.966 bits per heavy atom. The SMILES string of the molecule is Cc1ccc(SNc2ccc(F)c(-c3ccc4nc(N)ncc4c3)c2F)cc1C. The highest BCUT2D eigenvalue weighted by molar-refractivity contribution is 8.00. The fourth-order valence-corrected chi connectivity index (χ4v) is 3.75. The topological polar surface area (TPSA) is 63.8 Å². The van der Waals surface area contributed by atoms with E-state index in [2.05, 4.69) is 14.7 Å². The molecular weight excluding hydrogens is 390 g/mol. The third-order valence-electron chi connectivity index (χ3n) is 4.74. The lowest BCUT2D eigenvalue weighted by molar-refractivity contribution is 0.592. The van der Waals surface area contributed by atoms with Crippen molar-refractivity contribution < 1.29 is 8.78 Å². The molecule has 29 heavy (non-hydrogen) atoms. The number of anilines is 2. The maximum Gasteiger partial charge on any atom is 0.220 e. The number of benzene rings is 3. The molecule has 4 rings (SSSR count). The van der Waals surface area contributed by atoms with Crippen molar-refractivity contribution in [3.05, 3.63) is 77.5 Å². The summed E-state index contributed by atoms with van der Waals surface area (Å²) in [7, 11) is 0. The van der Waals surface area contributed by atoms with Crippen LogP contribution in [0.1, 0.15) is 11.1 Å². The molecule has 0 aliphatic carbocycles. The van der Waals surface area contributed by atoms with Crippen LogP contribution in [0.4, 0.5) is 20.4 Å². The summed E-state index contributed by atoms with van der Waals surface area (Å²) in [6, 6.07) is 13.6. The summed E-state index contributed by atoms with van der Waals surface area (Å²) in [5, 5.41) is 0.651. The highest BCUT2D eigenvalue weighted by atomic mass is 32.2. The van der Waals surface area contributed by atoms with Gasteiger partial charge in [0.1, 0.15) is 5.82 Å². The van der Waals surface area contributed by atoms with Crippen LogP contribution in [0, 0.1) is 25.5 Å². The van der Waals surface area contributed by atoms with Crippen LogP contribution in [0.15, 0.2) is 59.6 Å². The zero-order valence-corrected chi connectivity index (χ0v) is 16.6. The van der Waals surface area contributed by atoms with E-state index in [1.807, 2.05) is 32.0 Å². The van der Waals surface area contributed by atoms with Crippen molar-refractivity contribution >= 4 is 34.5 Å². The molecule has 4 aromatic rings. The number of nitrogens with one attached hydrogen (secondary N) is 1. The van der Waals surface area contributed by atoms with Crippen LogP contribution in [-0.4, -0.2) is 9.97 Å². The van der Waals surface area contributed by atoms with Gasteiger partial charge in [-0.2, -0.15) is 0 Å². The molecule has 3 N–H and O–H groups in total. The number of rotatable bonds is 4. The summed E-state index contributed by atoms with van der Waals surface area (Å²) in [4.78, 5) is 9.00. The Morgan fingerprint density at radius 2 is 1.79 bits per heavy atom. The van der Waals surface area contributed by atoms with Gasteiger partial charge in [0.25, 0.3) is 0 Å². The predicted molar refractivity (Wildman–Crippen MR) is 115 cm³/mol. The quantitative estimate of drug-likeness (QED) is 0.412. The fourth-order valence-electron chi connectivity index (χ4n) is 2.99. The fraction of sp³-hybridized carbons (Fsp3) is 0.0909. The average molecular weight is 408 g/mol. The van der Waals surface area contributed by atoms with Crippen LogP contribution in [0.5, 0.6) is 0 Å². The summed E-state index contributed by atoms with van der Waals surface area (Å²) in [6.07, 6.45) is 1.54. The van der Waals surface area contributed by atoms with Crippen molar-refractivity contribution in [2.75, 3.05) is 10.5 Å². The van der Waals surface area contributed by atoms with Crippen molar-refractivity contribution in [3.8, 4) is 11.1 Å². The molecule has 1 heterocycles. The lowest BCUT2D eigenvalue weighted by Gasteiger charge is -2.12. The molecule has 0 saturated carbocycles. The lowest BCUT2D eigenvalue weighted by atomic mass is 10.0. The number of hydrogen-bond acceptors (Lipinski definition) is 5. The smallest absolute Gasteiger partial charge is 0.220 e. The second-order valence-corrected chi connectivity index (χ2v) is 7.62. The van der Waals surface area contributed by atoms with Crippen LogP contribution in [-0.2, 0) is 0 Å². The second-order valence-electron chi connectivity index (χ2n) is 6.74.